The van der Waals surface area contributed by atoms with Gasteiger partial charge in [0.2, 0.25) is 0 Å². The third-order valence-electron chi connectivity index (χ3n) is 8.56. The zero-order chi connectivity index (χ0) is 18.8. The quantitative estimate of drug-likeness (QED) is 0.439. The van der Waals surface area contributed by atoms with Crippen LogP contribution in [0.25, 0.3) is 0 Å². The Bertz CT molecular complexity index is 498. The van der Waals surface area contributed by atoms with Gasteiger partial charge in [-0.05, 0) is 86.4 Å². The van der Waals surface area contributed by atoms with Gasteiger partial charge in [-0.15, -0.1) is 0 Å². The Morgan fingerprint density at radius 3 is 2.62 bits per heavy atom. The van der Waals surface area contributed by atoms with E-state index in [0.29, 0.717) is 17.9 Å². The number of unbranched alkanes of at least 4 members (excludes halogenated alkanes) is 3. The molecule has 6 atom stereocenters. The molecule has 3 fully saturated rings. The van der Waals surface area contributed by atoms with Crippen molar-refractivity contribution in [1.29, 1.82) is 0 Å². The predicted octanol–water partition coefficient (Wildman–Crippen LogP) is 5.87. The highest BCUT2D eigenvalue weighted by molar-refractivity contribution is 5.17. The standard InChI is InChI=1S/C24H42O2/c1-4-5-6-9-18-16-19-20(23(2,17-18)13-7-8-15-25)12-14-24(3)21(19)10-11-22(24)26/h9,19-22,25-26H,4-8,10-17H2,1-3H3/b18-9+. The maximum Gasteiger partial charge on any atom is 0.0596 e. The molecule has 150 valence electrons. The molecule has 0 aromatic carbocycles. The van der Waals surface area contributed by atoms with E-state index in [4.69, 9.17) is 0 Å². The van der Waals surface area contributed by atoms with Crippen LogP contribution in [0.2, 0.25) is 0 Å². The van der Waals surface area contributed by atoms with Crippen molar-refractivity contribution in [2.24, 2.45) is 28.6 Å². The molecule has 0 saturated heterocycles. The van der Waals surface area contributed by atoms with Gasteiger partial charge in [0.1, 0.15) is 0 Å². The van der Waals surface area contributed by atoms with Crippen LogP contribution < -0.4 is 0 Å². The molecule has 0 bridgehead atoms. The summed E-state index contributed by atoms with van der Waals surface area (Å²) in [6.45, 7) is 7.53. The Balaban J connectivity index is 1.83. The van der Waals surface area contributed by atoms with Gasteiger partial charge in [0.15, 0.2) is 0 Å². The number of aliphatic hydroxyl groups is 2. The van der Waals surface area contributed by atoms with Crippen molar-refractivity contribution in [1.82, 2.24) is 0 Å². The Hall–Kier alpha value is -0.340. The molecule has 3 aliphatic carbocycles. The van der Waals surface area contributed by atoms with E-state index in [1.807, 2.05) is 0 Å². The van der Waals surface area contributed by atoms with Crippen LogP contribution in [0.3, 0.4) is 0 Å². The second-order valence-electron chi connectivity index (χ2n) is 10.2. The monoisotopic (exact) mass is 362 g/mol. The average molecular weight is 363 g/mol. The van der Waals surface area contributed by atoms with Crippen molar-refractivity contribution >= 4 is 0 Å². The first-order chi connectivity index (χ1) is 12.4. The van der Waals surface area contributed by atoms with E-state index in [2.05, 4.69) is 26.8 Å². The first kappa shape index (κ1) is 20.4. The number of allylic oxidation sites excluding steroid dienone is 2. The van der Waals surface area contributed by atoms with Crippen LogP contribution >= 0.6 is 0 Å². The minimum atomic E-state index is -0.0801. The normalized spacial score (nSPS) is 44.1. The molecule has 26 heavy (non-hydrogen) atoms. The fourth-order valence-electron chi connectivity index (χ4n) is 7.01. The lowest BCUT2D eigenvalue weighted by atomic mass is 9.48. The van der Waals surface area contributed by atoms with Crippen LogP contribution in [0.4, 0.5) is 0 Å². The molecule has 0 amide bonds. The molecule has 0 aromatic heterocycles. The first-order valence-electron chi connectivity index (χ1n) is 11.4. The van der Waals surface area contributed by atoms with Crippen molar-refractivity contribution in [2.75, 3.05) is 6.61 Å². The summed E-state index contributed by atoms with van der Waals surface area (Å²) in [6, 6.07) is 0. The maximum atomic E-state index is 10.7. The van der Waals surface area contributed by atoms with Gasteiger partial charge in [0, 0.05) is 6.61 Å². The summed E-state index contributed by atoms with van der Waals surface area (Å²) in [6.07, 6.45) is 17.0. The molecule has 0 radical (unpaired) electrons. The SMILES string of the molecule is CCCC/C=C1\CC2C(CCC3(C)C(O)CCC23)C(C)(CCCCO)C1. The Kier molecular flexibility index (Phi) is 6.55. The van der Waals surface area contributed by atoms with Gasteiger partial charge in [0.25, 0.3) is 0 Å². The minimum absolute atomic E-state index is 0.0801. The van der Waals surface area contributed by atoms with Gasteiger partial charge in [-0.3, -0.25) is 0 Å². The van der Waals surface area contributed by atoms with Crippen molar-refractivity contribution < 1.29 is 10.2 Å². The molecule has 0 heterocycles. The largest absolute Gasteiger partial charge is 0.396 e. The van der Waals surface area contributed by atoms with E-state index in [9.17, 15) is 10.2 Å². The number of fused-ring (bicyclic) bond motifs is 3. The molecule has 3 aliphatic rings. The van der Waals surface area contributed by atoms with E-state index in [0.717, 1.165) is 31.1 Å². The summed E-state index contributed by atoms with van der Waals surface area (Å²) in [4.78, 5) is 0. The minimum Gasteiger partial charge on any atom is -0.396 e. The highest BCUT2D eigenvalue weighted by Gasteiger charge is 2.57. The van der Waals surface area contributed by atoms with E-state index in [1.165, 1.54) is 57.8 Å². The number of hydrogen-bond acceptors (Lipinski definition) is 2. The van der Waals surface area contributed by atoms with Crippen LogP contribution in [0.1, 0.15) is 97.8 Å². The second kappa shape index (κ2) is 8.35. The van der Waals surface area contributed by atoms with Crippen molar-refractivity contribution in [2.45, 2.75) is 104 Å². The smallest absolute Gasteiger partial charge is 0.0596 e. The molecule has 3 saturated carbocycles. The van der Waals surface area contributed by atoms with E-state index < -0.39 is 0 Å². The molecule has 2 N–H and O–H groups in total. The highest BCUT2D eigenvalue weighted by Crippen LogP contribution is 2.64. The summed E-state index contributed by atoms with van der Waals surface area (Å²) in [5, 5.41) is 19.9. The third kappa shape index (κ3) is 3.78. The topological polar surface area (TPSA) is 40.5 Å². The second-order valence-corrected chi connectivity index (χ2v) is 10.2. The van der Waals surface area contributed by atoms with Crippen molar-refractivity contribution in [3.05, 3.63) is 11.6 Å². The van der Waals surface area contributed by atoms with Crippen LogP contribution in [0, 0.1) is 28.6 Å². The van der Waals surface area contributed by atoms with Gasteiger partial charge in [0.05, 0.1) is 6.10 Å². The number of aliphatic hydroxyl groups excluding tert-OH is 2. The van der Waals surface area contributed by atoms with Crippen molar-refractivity contribution in [3.63, 3.8) is 0 Å². The molecule has 2 nitrogen and oxygen atoms in total. The number of rotatable bonds is 7. The van der Waals surface area contributed by atoms with E-state index in [1.54, 1.807) is 5.57 Å². The van der Waals surface area contributed by atoms with Crippen molar-refractivity contribution in [3.8, 4) is 0 Å². The Morgan fingerprint density at radius 2 is 1.88 bits per heavy atom. The van der Waals surface area contributed by atoms with Gasteiger partial charge >= 0.3 is 0 Å². The average Bonchev–Trinajstić information content (AvgIpc) is 2.91. The molecule has 0 spiro atoms. The molecule has 0 aliphatic heterocycles. The lowest BCUT2D eigenvalue weighted by Crippen LogP contribution is -2.50. The maximum absolute atomic E-state index is 10.7. The molecular weight excluding hydrogens is 320 g/mol. The van der Waals surface area contributed by atoms with Crippen LogP contribution in [0.5, 0.6) is 0 Å². The molecule has 0 aromatic rings. The Morgan fingerprint density at radius 1 is 1.08 bits per heavy atom. The van der Waals surface area contributed by atoms with Crippen LogP contribution in [0.15, 0.2) is 11.6 Å². The van der Waals surface area contributed by atoms with Crippen LogP contribution in [-0.2, 0) is 0 Å². The summed E-state index contributed by atoms with van der Waals surface area (Å²) in [5.41, 5.74) is 2.26. The third-order valence-corrected chi connectivity index (χ3v) is 8.56. The fraction of sp³-hybridized carbons (Fsp3) is 0.917. The fourth-order valence-corrected chi connectivity index (χ4v) is 7.01. The van der Waals surface area contributed by atoms with Gasteiger partial charge < -0.3 is 10.2 Å². The Labute approximate surface area is 161 Å². The predicted molar refractivity (Wildman–Crippen MR) is 109 cm³/mol. The highest BCUT2D eigenvalue weighted by atomic mass is 16.3. The molecule has 6 unspecified atom stereocenters. The lowest BCUT2D eigenvalue weighted by Gasteiger charge is -2.57. The molecular formula is C24H42O2. The van der Waals surface area contributed by atoms with E-state index >= 15 is 0 Å². The summed E-state index contributed by atoms with van der Waals surface area (Å²) < 4.78 is 0. The van der Waals surface area contributed by atoms with Gasteiger partial charge in [-0.2, -0.15) is 0 Å². The first-order valence-corrected chi connectivity index (χ1v) is 11.4. The van der Waals surface area contributed by atoms with E-state index in [-0.39, 0.29) is 11.5 Å². The zero-order valence-electron chi connectivity index (χ0n) is 17.5. The molecule has 3 rings (SSSR count). The summed E-state index contributed by atoms with van der Waals surface area (Å²) in [5.74, 6) is 2.29. The van der Waals surface area contributed by atoms with Gasteiger partial charge in [-0.1, -0.05) is 51.7 Å². The summed E-state index contributed by atoms with van der Waals surface area (Å²) in [7, 11) is 0. The van der Waals surface area contributed by atoms with Gasteiger partial charge in [-0.25, -0.2) is 0 Å². The van der Waals surface area contributed by atoms with Crippen LogP contribution in [-0.4, -0.2) is 22.9 Å². The lowest BCUT2D eigenvalue weighted by molar-refractivity contribution is -0.0783. The molecule has 2 heteroatoms. The summed E-state index contributed by atoms with van der Waals surface area (Å²) >= 11 is 0. The number of hydrogen-bond donors (Lipinski definition) is 2. The zero-order valence-corrected chi connectivity index (χ0v) is 17.5.